The van der Waals surface area contributed by atoms with Gasteiger partial charge in [0.1, 0.15) is 0 Å². The molecular weight excluding hydrogens is 327 g/mol. The van der Waals surface area contributed by atoms with Crippen LogP contribution in [0.25, 0.3) is 0 Å². The topological polar surface area (TPSA) is 74.2 Å². The van der Waals surface area contributed by atoms with Crippen molar-refractivity contribution >= 4 is 19.2 Å². The Balaban J connectivity index is 2.51. The number of rotatable bonds is 7. The number of nitrogens with zero attached hydrogens (tertiary/aromatic N) is 1. The van der Waals surface area contributed by atoms with Gasteiger partial charge in [0.15, 0.2) is 0 Å². The molecule has 2 aromatic carbocycles. The fourth-order valence-corrected chi connectivity index (χ4v) is 2.40. The molecule has 5 nitrogen and oxygen atoms in total. The molecule has 0 aliphatic carbocycles. The van der Waals surface area contributed by atoms with Crippen molar-refractivity contribution in [2.45, 2.75) is 12.5 Å². The molecule has 0 saturated carbocycles. The Hall–Kier alpha value is -3.21. The molecule has 0 radical (unpaired) electrons. The van der Waals surface area contributed by atoms with E-state index in [1.165, 1.54) is 30.5 Å². The molecule has 0 bridgehead atoms. The molecular formula is C17H14BF2N3O2. The van der Waals surface area contributed by atoms with Crippen LogP contribution in [0.4, 0.5) is 8.78 Å². The molecule has 0 aromatic heterocycles. The molecule has 2 rings (SSSR count). The molecule has 0 aliphatic heterocycles. The van der Waals surface area contributed by atoms with Crippen LogP contribution in [-0.2, 0) is 15.0 Å². The molecule has 0 aliphatic rings. The van der Waals surface area contributed by atoms with Crippen molar-refractivity contribution in [2.75, 3.05) is 0 Å². The van der Waals surface area contributed by atoms with Gasteiger partial charge in [-0.1, -0.05) is 0 Å². The molecule has 8 heteroatoms. The summed E-state index contributed by atoms with van der Waals surface area (Å²) in [5, 5.41) is 13.9. The van der Waals surface area contributed by atoms with Gasteiger partial charge in [0.25, 0.3) is 0 Å². The third-order valence-corrected chi connectivity index (χ3v) is 3.67. The number of nitrogens with one attached hydrogen (secondary N) is 2. The first-order valence-electron chi connectivity index (χ1n) is 7.25. The zero-order chi connectivity index (χ0) is 18.3. The van der Waals surface area contributed by atoms with Gasteiger partial charge in [-0.25, -0.2) is 0 Å². The number of hydrogen-bond acceptors (Lipinski definition) is 4. The number of carbonyl (C=O) groups is 1. The van der Waals surface area contributed by atoms with E-state index in [0.29, 0.717) is 17.5 Å². The molecule has 0 atom stereocenters. The summed E-state index contributed by atoms with van der Waals surface area (Å²) in [5.74, 6) is -0.806. The van der Waals surface area contributed by atoms with Gasteiger partial charge in [-0.2, -0.15) is 0 Å². The van der Waals surface area contributed by atoms with Crippen molar-refractivity contribution in [3.05, 3.63) is 71.3 Å². The van der Waals surface area contributed by atoms with Crippen LogP contribution in [0.1, 0.15) is 18.1 Å². The molecule has 126 valence electrons. The van der Waals surface area contributed by atoms with Crippen LogP contribution in [0, 0.1) is 23.2 Å². The fraction of sp³-hybridized carbons (Fsp3) is 0.118. The second-order valence-corrected chi connectivity index (χ2v) is 5.27. The molecule has 25 heavy (non-hydrogen) atoms. The van der Waals surface area contributed by atoms with Crippen molar-refractivity contribution in [3.8, 4) is 6.26 Å². The molecule has 2 N–H and O–H groups in total. The average Bonchev–Trinajstić information content (AvgIpc) is 2.61. The van der Waals surface area contributed by atoms with Crippen LogP contribution in [0.3, 0.4) is 0 Å². The van der Waals surface area contributed by atoms with E-state index in [2.05, 4.69) is 15.3 Å². The second-order valence-electron chi connectivity index (χ2n) is 5.27. The average molecular weight is 341 g/mol. The van der Waals surface area contributed by atoms with E-state index in [4.69, 9.17) is 5.26 Å². The van der Waals surface area contributed by atoms with Crippen LogP contribution in [0.2, 0.25) is 0 Å². The van der Waals surface area contributed by atoms with Gasteiger partial charge >= 0.3 is 143 Å². The standard InChI is InChI=1S/C17H14BF2N3O2/c1-17(12-2-6-14(19)7-3-12,13-4-8-15(20)9-5-13)23-16(22-11-24)18-25-10-21/h2-9,11,23H,1H3,(H,22,24). The summed E-state index contributed by atoms with van der Waals surface area (Å²) in [5.41, 5.74) is 0.432. The number of carbonyl (C=O) groups excluding carboxylic acids is 1. The van der Waals surface area contributed by atoms with E-state index < -0.39 is 17.2 Å². The summed E-state index contributed by atoms with van der Waals surface area (Å²) in [4.78, 5) is 10.8. The SMILES string of the molecule is CC(NC(=BOC#N)NC=O)(c1ccc(F)cc1)c1ccc(F)cc1. The summed E-state index contributed by atoms with van der Waals surface area (Å²) in [6.45, 7) is 1.76. The number of halogens is 2. The van der Waals surface area contributed by atoms with Crippen molar-refractivity contribution < 1.29 is 18.2 Å². The van der Waals surface area contributed by atoms with Gasteiger partial charge in [0.2, 0.25) is 0 Å². The third kappa shape index (κ3) is 4.41. The zero-order valence-electron chi connectivity index (χ0n) is 13.3. The second kappa shape index (κ2) is 8.06. The molecule has 0 unspecified atom stereocenters. The predicted molar refractivity (Wildman–Crippen MR) is 89.0 cm³/mol. The Labute approximate surface area is 144 Å². The van der Waals surface area contributed by atoms with E-state index in [1.807, 2.05) is 0 Å². The Morgan fingerprint density at radius 1 is 1.12 bits per heavy atom. The predicted octanol–water partition coefficient (Wildman–Crippen LogP) is 1.77. The van der Waals surface area contributed by atoms with E-state index in [0.717, 1.165) is 7.12 Å². The number of hydrogen-bond donors (Lipinski definition) is 2. The van der Waals surface area contributed by atoms with Gasteiger partial charge in [-0.05, 0) is 0 Å². The summed E-state index contributed by atoms with van der Waals surface area (Å²) >= 11 is 0. The minimum atomic E-state index is -0.970. The molecule has 0 fully saturated rings. The van der Waals surface area contributed by atoms with Crippen molar-refractivity contribution in [2.24, 2.45) is 0 Å². The van der Waals surface area contributed by atoms with Crippen LogP contribution < -0.4 is 10.6 Å². The van der Waals surface area contributed by atoms with E-state index >= 15 is 0 Å². The van der Waals surface area contributed by atoms with Crippen molar-refractivity contribution in [1.29, 1.82) is 5.26 Å². The number of amides is 1. The molecule has 0 heterocycles. The molecule has 2 aromatic rings. The van der Waals surface area contributed by atoms with Crippen molar-refractivity contribution in [3.63, 3.8) is 0 Å². The van der Waals surface area contributed by atoms with Crippen molar-refractivity contribution in [1.82, 2.24) is 10.6 Å². The van der Waals surface area contributed by atoms with Gasteiger partial charge in [-0.3, -0.25) is 0 Å². The first-order valence-corrected chi connectivity index (χ1v) is 7.25. The maximum absolute atomic E-state index is 13.3. The minimum absolute atomic E-state index is 0.104. The Kier molecular flexibility index (Phi) is 5.85. The first-order chi connectivity index (χ1) is 12.0. The zero-order valence-corrected chi connectivity index (χ0v) is 13.3. The van der Waals surface area contributed by atoms with Gasteiger partial charge < -0.3 is 0 Å². The van der Waals surface area contributed by atoms with Crippen LogP contribution in [0.15, 0.2) is 48.5 Å². The fourth-order valence-electron chi connectivity index (χ4n) is 2.40. The maximum atomic E-state index is 13.3. The molecule has 1 amide bonds. The van der Waals surface area contributed by atoms with E-state index in [1.54, 1.807) is 31.2 Å². The Bertz CT molecular complexity index is 757. The summed E-state index contributed by atoms with van der Waals surface area (Å²) in [6, 6.07) is 11.4. The van der Waals surface area contributed by atoms with Gasteiger partial charge in [0, 0.05) is 0 Å². The molecule has 0 saturated heterocycles. The Morgan fingerprint density at radius 3 is 2.00 bits per heavy atom. The third-order valence-electron chi connectivity index (χ3n) is 3.67. The van der Waals surface area contributed by atoms with Crippen LogP contribution in [-0.4, -0.2) is 19.2 Å². The Morgan fingerprint density at radius 2 is 1.60 bits per heavy atom. The first kappa shape index (κ1) is 18.1. The summed E-state index contributed by atoms with van der Waals surface area (Å²) in [6.07, 6.45) is 1.88. The van der Waals surface area contributed by atoms with Crippen LogP contribution in [0.5, 0.6) is 0 Å². The van der Waals surface area contributed by atoms with E-state index in [-0.39, 0.29) is 5.71 Å². The summed E-state index contributed by atoms with van der Waals surface area (Å²) in [7, 11) is 1.03. The molecule has 0 spiro atoms. The summed E-state index contributed by atoms with van der Waals surface area (Å²) < 4.78 is 31.1. The van der Waals surface area contributed by atoms with Crippen LogP contribution >= 0.6 is 0 Å². The van der Waals surface area contributed by atoms with E-state index in [9.17, 15) is 13.6 Å². The quantitative estimate of drug-likeness (QED) is 0.457. The van der Waals surface area contributed by atoms with Gasteiger partial charge in [-0.15, -0.1) is 0 Å². The van der Waals surface area contributed by atoms with Gasteiger partial charge in [0.05, 0.1) is 0 Å². The monoisotopic (exact) mass is 341 g/mol. The normalized spacial score (nSPS) is 11.0. The number of benzene rings is 2. The number of nitriles is 1.